The molecule has 0 atom stereocenters. The largest absolute Gasteiger partial charge is 0.289 e. The zero-order chi connectivity index (χ0) is 10.6. The van der Waals surface area contributed by atoms with Gasteiger partial charge in [-0.05, 0) is 31.1 Å². The van der Waals surface area contributed by atoms with E-state index in [1.807, 2.05) is 6.92 Å². The second kappa shape index (κ2) is 4.70. The van der Waals surface area contributed by atoms with Gasteiger partial charge in [0.2, 0.25) is 0 Å². The highest BCUT2D eigenvalue weighted by atomic mass is 19.1. The van der Waals surface area contributed by atoms with Crippen LogP contribution in [-0.2, 0) is 0 Å². The minimum atomic E-state index is -0.453. The molecule has 0 N–H and O–H groups in total. The molecule has 0 aliphatic carbocycles. The lowest BCUT2D eigenvalue weighted by atomic mass is 10.0. The Labute approximate surface area is 83.3 Å². The second-order valence-corrected chi connectivity index (χ2v) is 2.98. The van der Waals surface area contributed by atoms with E-state index >= 15 is 0 Å². The minimum absolute atomic E-state index is 0.155. The van der Waals surface area contributed by atoms with E-state index in [1.54, 1.807) is 25.1 Å². The first kappa shape index (κ1) is 10.6. The van der Waals surface area contributed by atoms with Gasteiger partial charge in [-0.2, -0.15) is 0 Å². The van der Waals surface area contributed by atoms with Crippen LogP contribution in [0, 0.1) is 5.82 Å². The molecule has 0 amide bonds. The van der Waals surface area contributed by atoms with Crippen molar-refractivity contribution in [3.05, 3.63) is 47.3 Å². The molecular formula is C12H13FO. The van der Waals surface area contributed by atoms with Crippen LogP contribution < -0.4 is 0 Å². The Morgan fingerprint density at radius 1 is 1.43 bits per heavy atom. The lowest BCUT2D eigenvalue weighted by molar-refractivity contribution is 0.102. The van der Waals surface area contributed by atoms with E-state index < -0.39 is 5.82 Å². The van der Waals surface area contributed by atoms with Crippen molar-refractivity contribution in [1.82, 2.24) is 0 Å². The summed E-state index contributed by atoms with van der Waals surface area (Å²) >= 11 is 0. The molecule has 0 radical (unpaired) electrons. The number of ketones is 1. The molecule has 0 aliphatic heterocycles. The number of halogens is 1. The Kier molecular flexibility index (Phi) is 3.57. The predicted molar refractivity (Wildman–Crippen MR) is 54.8 cm³/mol. The molecule has 0 aromatic heterocycles. The Bertz CT molecular complexity index is 366. The highest BCUT2D eigenvalue weighted by molar-refractivity contribution is 6.08. The summed E-state index contributed by atoms with van der Waals surface area (Å²) in [6.07, 6.45) is 2.36. The molecule has 1 nitrogen and oxygen atoms in total. The highest BCUT2D eigenvalue weighted by Crippen LogP contribution is 2.14. The summed E-state index contributed by atoms with van der Waals surface area (Å²) in [5, 5.41) is 0. The monoisotopic (exact) mass is 192 g/mol. The lowest BCUT2D eigenvalue weighted by Crippen LogP contribution is -2.05. The van der Waals surface area contributed by atoms with Crippen molar-refractivity contribution in [2.24, 2.45) is 0 Å². The molecule has 0 bridgehead atoms. The average molecular weight is 192 g/mol. The van der Waals surface area contributed by atoms with Crippen molar-refractivity contribution in [3.8, 4) is 0 Å². The van der Waals surface area contributed by atoms with Gasteiger partial charge >= 0.3 is 0 Å². The van der Waals surface area contributed by atoms with E-state index in [9.17, 15) is 9.18 Å². The first-order chi connectivity index (χ1) is 6.70. The van der Waals surface area contributed by atoms with E-state index in [2.05, 4.69) is 0 Å². The number of Topliss-reactive ketones (excluding diaryl/α,β-unsaturated/α-hetero) is 1. The van der Waals surface area contributed by atoms with Crippen LogP contribution in [-0.4, -0.2) is 5.78 Å². The summed E-state index contributed by atoms with van der Waals surface area (Å²) in [6, 6.07) is 6.06. The van der Waals surface area contributed by atoms with Crippen molar-refractivity contribution in [2.75, 3.05) is 0 Å². The maximum Gasteiger partial charge on any atom is 0.191 e. The maximum absolute atomic E-state index is 13.2. The molecule has 14 heavy (non-hydrogen) atoms. The molecule has 1 aromatic carbocycles. The Morgan fingerprint density at radius 2 is 2.07 bits per heavy atom. The highest BCUT2D eigenvalue weighted by Gasteiger charge is 2.13. The topological polar surface area (TPSA) is 17.1 Å². The fourth-order valence-corrected chi connectivity index (χ4v) is 1.31. The number of hydrogen-bond donors (Lipinski definition) is 0. The van der Waals surface area contributed by atoms with Crippen LogP contribution >= 0.6 is 0 Å². The van der Waals surface area contributed by atoms with Crippen molar-refractivity contribution in [1.29, 1.82) is 0 Å². The van der Waals surface area contributed by atoms with Crippen LogP contribution in [0.25, 0.3) is 0 Å². The molecule has 1 rings (SSSR count). The van der Waals surface area contributed by atoms with E-state index in [0.29, 0.717) is 12.0 Å². The Hall–Kier alpha value is -1.44. The van der Waals surface area contributed by atoms with E-state index in [4.69, 9.17) is 0 Å². The first-order valence-electron chi connectivity index (χ1n) is 4.65. The second-order valence-electron chi connectivity index (χ2n) is 2.98. The molecule has 74 valence electrons. The van der Waals surface area contributed by atoms with Crippen LogP contribution in [0.15, 0.2) is 35.9 Å². The van der Waals surface area contributed by atoms with Crippen molar-refractivity contribution >= 4 is 5.78 Å². The van der Waals surface area contributed by atoms with E-state index in [0.717, 1.165) is 0 Å². The molecule has 0 fully saturated rings. The predicted octanol–water partition coefficient (Wildman–Crippen LogP) is 3.36. The van der Waals surface area contributed by atoms with Crippen LogP contribution in [0.1, 0.15) is 30.6 Å². The fourth-order valence-electron chi connectivity index (χ4n) is 1.31. The van der Waals surface area contributed by atoms with Crippen LogP contribution in [0.5, 0.6) is 0 Å². The van der Waals surface area contributed by atoms with Gasteiger partial charge in [-0.3, -0.25) is 4.79 Å². The van der Waals surface area contributed by atoms with Crippen LogP contribution in [0.4, 0.5) is 4.39 Å². The lowest BCUT2D eigenvalue weighted by Gasteiger charge is -2.03. The third-order valence-corrected chi connectivity index (χ3v) is 2.14. The molecule has 0 spiro atoms. The number of benzene rings is 1. The van der Waals surface area contributed by atoms with Crippen molar-refractivity contribution in [2.45, 2.75) is 20.3 Å². The van der Waals surface area contributed by atoms with Crippen molar-refractivity contribution in [3.63, 3.8) is 0 Å². The molecule has 0 heterocycles. The van der Waals surface area contributed by atoms with Gasteiger partial charge in [0.05, 0.1) is 5.56 Å². The SMILES string of the molecule is C/C=C(/CC)C(=O)c1ccccc1F. The van der Waals surface area contributed by atoms with Gasteiger partial charge < -0.3 is 0 Å². The maximum atomic E-state index is 13.2. The zero-order valence-electron chi connectivity index (χ0n) is 8.38. The molecule has 0 aliphatic rings. The standard InChI is InChI=1S/C12H13FO/c1-3-9(4-2)12(14)10-7-5-6-8-11(10)13/h3,5-8H,4H2,1-2H3/b9-3-. The minimum Gasteiger partial charge on any atom is -0.289 e. The van der Waals surface area contributed by atoms with Gasteiger partial charge in [-0.1, -0.05) is 25.1 Å². The van der Waals surface area contributed by atoms with Gasteiger partial charge in [0.15, 0.2) is 5.78 Å². The number of carbonyl (C=O) groups is 1. The first-order valence-corrected chi connectivity index (χ1v) is 4.65. The normalized spacial score (nSPS) is 11.5. The van der Waals surface area contributed by atoms with Gasteiger partial charge in [0, 0.05) is 0 Å². The molecule has 2 heteroatoms. The number of carbonyl (C=O) groups excluding carboxylic acids is 1. The number of hydrogen-bond acceptors (Lipinski definition) is 1. The summed E-state index contributed by atoms with van der Waals surface area (Å²) in [5.41, 5.74) is 0.803. The van der Waals surface area contributed by atoms with Crippen LogP contribution in [0.2, 0.25) is 0 Å². The van der Waals surface area contributed by atoms with E-state index in [-0.39, 0.29) is 11.3 Å². The third kappa shape index (κ3) is 2.08. The molecule has 0 unspecified atom stereocenters. The van der Waals surface area contributed by atoms with Gasteiger partial charge in [0.25, 0.3) is 0 Å². The quantitative estimate of drug-likeness (QED) is 0.530. The van der Waals surface area contributed by atoms with Crippen molar-refractivity contribution < 1.29 is 9.18 Å². The number of allylic oxidation sites excluding steroid dienone is 2. The molecule has 1 aromatic rings. The summed E-state index contributed by atoms with van der Waals surface area (Å²) in [4.78, 5) is 11.7. The average Bonchev–Trinajstić information content (AvgIpc) is 2.20. The number of rotatable bonds is 3. The summed E-state index contributed by atoms with van der Waals surface area (Å²) in [5.74, 6) is -0.668. The smallest absolute Gasteiger partial charge is 0.191 e. The Morgan fingerprint density at radius 3 is 2.57 bits per heavy atom. The van der Waals surface area contributed by atoms with Crippen LogP contribution in [0.3, 0.4) is 0 Å². The molecular weight excluding hydrogens is 179 g/mol. The van der Waals surface area contributed by atoms with Gasteiger partial charge in [-0.15, -0.1) is 0 Å². The summed E-state index contributed by atoms with van der Waals surface area (Å²) in [6.45, 7) is 3.67. The zero-order valence-corrected chi connectivity index (χ0v) is 8.38. The van der Waals surface area contributed by atoms with E-state index in [1.165, 1.54) is 12.1 Å². The molecule has 0 saturated heterocycles. The fraction of sp³-hybridized carbons (Fsp3) is 0.250. The van der Waals surface area contributed by atoms with Gasteiger partial charge in [-0.25, -0.2) is 4.39 Å². The Balaban J connectivity index is 3.07. The van der Waals surface area contributed by atoms with Gasteiger partial charge in [0.1, 0.15) is 5.82 Å². The summed E-state index contributed by atoms with van der Waals surface area (Å²) < 4.78 is 13.2. The third-order valence-electron chi connectivity index (χ3n) is 2.14. The molecule has 0 saturated carbocycles. The summed E-state index contributed by atoms with van der Waals surface area (Å²) in [7, 11) is 0.